The molecule has 0 radical (unpaired) electrons. The van der Waals surface area contributed by atoms with E-state index in [0.29, 0.717) is 16.0 Å². The van der Waals surface area contributed by atoms with Gasteiger partial charge in [0.05, 0.1) is 5.56 Å². The first-order valence-corrected chi connectivity index (χ1v) is 6.71. The van der Waals surface area contributed by atoms with Crippen molar-refractivity contribution in [3.05, 3.63) is 68.9 Å². The summed E-state index contributed by atoms with van der Waals surface area (Å²) in [5.41, 5.74) is 0.878. The van der Waals surface area contributed by atoms with E-state index >= 15 is 0 Å². The fraction of sp³-hybridized carbons (Fsp3) is 0.0714. The predicted molar refractivity (Wildman–Crippen MR) is 76.7 cm³/mol. The van der Waals surface area contributed by atoms with Crippen LogP contribution in [0.15, 0.2) is 46.9 Å². The Morgan fingerprint density at radius 1 is 1.26 bits per heavy atom. The van der Waals surface area contributed by atoms with Crippen molar-refractivity contribution in [3.63, 3.8) is 0 Å². The topological polar surface area (TPSA) is 29.1 Å². The van der Waals surface area contributed by atoms with Crippen molar-refractivity contribution in [2.75, 3.05) is 0 Å². The minimum absolute atomic E-state index is 0.0187. The zero-order valence-corrected chi connectivity index (χ0v) is 12.1. The standard InChI is InChI=1S/C14H10BrClFNO/c15-10-4-5-12(13(17)7-10)14(19)18-8-9-2-1-3-11(16)6-9/h1-7H,8H2,(H,18,19). The van der Waals surface area contributed by atoms with Gasteiger partial charge in [0.1, 0.15) is 5.82 Å². The molecule has 0 fully saturated rings. The van der Waals surface area contributed by atoms with Gasteiger partial charge in [-0.2, -0.15) is 0 Å². The first-order valence-electron chi connectivity index (χ1n) is 5.54. The van der Waals surface area contributed by atoms with Gasteiger partial charge in [-0.15, -0.1) is 0 Å². The molecule has 2 nitrogen and oxygen atoms in total. The van der Waals surface area contributed by atoms with Crippen LogP contribution in [0.25, 0.3) is 0 Å². The fourth-order valence-electron chi connectivity index (χ4n) is 1.60. The van der Waals surface area contributed by atoms with Crippen molar-refractivity contribution < 1.29 is 9.18 Å². The summed E-state index contributed by atoms with van der Waals surface area (Å²) in [6.07, 6.45) is 0. The maximum Gasteiger partial charge on any atom is 0.254 e. The van der Waals surface area contributed by atoms with E-state index in [9.17, 15) is 9.18 Å². The first-order chi connectivity index (χ1) is 9.06. The summed E-state index contributed by atoms with van der Waals surface area (Å²) in [6, 6.07) is 11.5. The third-order valence-electron chi connectivity index (χ3n) is 2.52. The van der Waals surface area contributed by atoms with Crippen LogP contribution in [-0.4, -0.2) is 5.91 Å². The van der Waals surface area contributed by atoms with Crippen LogP contribution in [0.5, 0.6) is 0 Å². The smallest absolute Gasteiger partial charge is 0.254 e. The molecule has 2 aromatic carbocycles. The van der Waals surface area contributed by atoms with E-state index in [4.69, 9.17) is 11.6 Å². The fourth-order valence-corrected chi connectivity index (χ4v) is 2.14. The van der Waals surface area contributed by atoms with Crippen LogP contribution in [0.3, 0.4) is 0 Å². The molecule has 2 aromatic rings. The number of carbonyl (C=O) groups is 1. The molecule has 98 valence electrons. The average Bonchev–Trinajstić information content (AvgIpc) is 2.36. The Morgan fingerprint density at radius 2 is 2.05 bits per heavy atom. The molecule has 19 heavy (non-hydrogen) atoms. The van der Waals surface area contributed by atoms with E-state index < -0.39 is 11.7 Å². The van der Waals surface area contributed by atoms with Gasteiger partial charge in [-0.05, 0) is 35.9 Å². The van der Waals surface area contributed by atoms with Crippen molar-refractivity contribution in [1.82, 2.24) is 5.32 Å². The van der Waals surface area contributed by atoms with Crippen molar-refractivity contribution in [2.45, 2.75) is 6.54 Å². The van der Waals surface area contributed by atoms with Gasteiger partial charge in [-0.25, -0.2) is 4.39 Å². The monoisotopic (exact) mass is 341 g/mol. The lowest BCUT2D eigenvalue weighted by atomic mass is 10.2. The van der Waals surface area contributed by atoms with Gasteiger partial charge >= 0.3 is 0 Å². The first kappa shape index (κ1) is 14.0. The van der Waals surface area contributed by atoms with Crippen molar-refractivity contribution in [1.29, 1.82) is 0 Å². The third kappa shape index (κ3) is 3.78. The number of rotatable bonds is 3. The van der Waals surface area contributed by atoms with E-state index in [-0.39, 0.29) is 5.56 Å². The Balaban J connectivity index is 2.05. The molecule has 0 atom stereocenters. The van der Waals surface area contributed by atoms with Crippen LogP contribution >= 0.6 is 27.5 Å². The zero-order valence-electron chi connectivity index (χ0n) is 9.79. The lowest BCUT2D eigenvalue weighted by Gasteiger charge is -2.07. The number of benzene rings is 2. The number of hydrogen-bond acceptors (Lipinski definition) is 1. The molecule has 1 N–H and O–H groups in total. The summed E-state index contributed by atoms with van der Waals surface area (Å²) in [4.78, 5) is 11.8. The highest BCUT2D eigenvalue weighted by Gasteiger charge is 2.11. The van der Waals surface area contributed by atoms with Crippen LogP contribution in [-0.2, 0) is 6.54 Å². The highest BCUT2D eigenvalue weighted by Crippen LogP contribution is 2.15. The molecular formula is C14H10BrClFNO. The molecule has 0 aliphatic heterocycles. The summed E-state index contributed by atoms with van der Waals surface area (Å²) in [7, 11) is 0. The van der Waals surface area contributed by atoms with Gasteiger partial charge in [-0.1, -0.05) is 39.7 Å². The molecule has 0 aliphatic rings. The van der Waals surface area contributed by atoms with Crippen LogP contribution in [0.1, 0.15) is 15.9 Å². The third-order valence-corrected chi connectivity index (χ3v) is 3.25. The van der Waals surface area contributed by atoms with Gasteiger partial charge in [0, 0.05) is 16.0 Å². The van der Waals surface area contributed by atoms with Crippen LogP contribution < -0.4 is 5.32 Å². The minimum Gasteiger partial charge on any atom is -0.348 e. The highest BCUT2D eigenvalue weighted by atomic mass is 79.9. The van der Waals surface area contributed by atoms with E-state index in [1.54, 1.807) is 24.3 Å². The lowest BCUT2D eigenvalue weighted by molar-refractivity contribution is 0.0947. The molecular weight excluding hydrogens is 333 g/mol. The van der Waals surface area contributed by atoms with Crippen LogP contribution in [0.4, 0.5) is 4.39 Å². The van der Waals surface area contributed by atoms with Gasteiger partial charge in [0.15, 0.2) is 0 Å². The lowest BCUT2D eigenvalue weighted by Crippen LogP contribution is -2.23. The predicted octanol–water partition coefficient (Wildman–Crippen LogP) is 4.17. The molecule has 0 saturated carbocycles. The summed E-state index contributed by atoms with van der Waals surface area (Å²) in [5, 5.41) is 3.25. The molecule has 0 spiro atoms. The minimum atomic E-state index is -0.557. The van der Waals surface area contributed by atoms with Crippen LogP contribution in [0.2, 0.25) is 5.02 Å². The summed E-state index contributed by atoms with van der Waals surface area (Å²) >= 11 is 8.98. The number of hydrogen-bond donors (Lipinski definition) is 1. The van der Waals surface area contributed by atoms with Gasteiger partial charge < -0.3 is 5.32 Å². The Kier molecular flexibility index (Phi) is 4.56. The Morgan fingerprint density at radius 3 is 2.74 bits per heavy atom. The largest absolute Gasteiger partial charge is 0.348 e. The molecule has 2 rings (SSSR count). The van der Waals surface area contributed by atoms with Gasteiger partial charge in [-0.3, -0.25) is 4.79 Å². The van der Waals surface area contributed by atoms with Crippen LogP contribution in [0, 0.1) is 5.82 Å². The van der Waals surface area contributed by atoms with E-state index in [2.05, 4.69) is 21.2 Å². The maximum absolute atomic E-state index is 13.6. The molecule has 1 amide bonds. The molecule has 0 bridgehead atoms. The van der Waals surface area contributed by atoms with Gasteiger partial charge in [0.2, 0.25) is 0 Å². The van der Waals surface area contributed by atoms with Crippen molar-refractivity contribution >= 4 is 33.4 Å². The second-order valence-electron chi connectivity index (χ2n) is 3.94. The second kappa shape index (κ2) is 6.17. The summed E-state index contributed by atoms with van der Waals surface area (Å²) < 4.78 is 14.2. The maximum atomic E-state index is 13.6. The van der Waals surface area contributed by atoms with Crippen molar-refractivity contribution in [3.8, 4) is 0 Å². The van der Waals surface area contributed by atoms with E-state index in [0.717, 1.165) is 5.56 Å². The van der Waals surface area contributed by atoms with Crippen molar-refractivity contribution in [2.24, 2.45) is 0 Å². The molecule has 0 heterocycles. The van der Waals surface area contributed by atoms with E-state index in [1.807, 2.05) is 6.07 Å². The quantitative estimate of drug-likeness (QED) is 0.891. The summed E-state index contributed by atoms with van der Waals surface area (Å²) in [6.45, 7) is 0.300. The normalized spacial score (nSPS) is 10.3. The van der Waals surface area contributed by atoms with E-state index in [1.165, 1.54) is 12.1 Å². The SMILES string of the molecule is O=C(NCc1cccc(Cl)c1)c1ccc(Br)cc1F. The number of amides is 1. The molecule has 0 unspecified atom stereocenters. The second-order valence-corrected chi connectivity index (χ2v) is 5.29. The number of carbonyl (C=O) groups excluding carboxylic acids is 1. The average molecular weight is 343 g/mol. The Hall–Kier alpha value is -1.39. The summed E-state index contributed by atoms with van der Waals surface area (Å²) in [5.74, 6) is -1.01. The number of nitrogens with one attached hydrogen (secondary N) is 1. The molecule has 0 aromatic heterocycles. The zero-order chi connectivity index (χ0) is 13.8. The van der Waals surface area contributed by atoms with Gasteiger partial charge in [0.25, 0.3) is 5.91 Å². The Labute approximate surface area is 123 Å². The molecule has 0 saturated heterocycles. The highest BCUT2D eigenvalue weighted by molar-refractivity contribution is 9.10. The molecule has 0 aliphatic carbocycles. The molecule has 5 heteroatoms. The Bertz CT molecular complexity index is 618. The number of halogens is 3.